The molecule has 3 atom stereocenters. The fourth-order valence-electron chi connectivity index (χ4n) is 6.67. The maximum Gasteiger partial charge on any atom is 0.326 e. The number of nitrogens with zero attached hydrogens (tertiary/aromatic N) is 6. The molecular weight excluding hydrogens is 737 g/mol. The standard InChI is InChI=1S/C38H47Cl2N7O5S/c1-6-52-32-17-16-30(53(50,51)43-38(2,3)4)24-31(32)36-42-34(26-8-12-28(39)13-9-26)35(27-10-14-29(40)15-11-27)47(36)37(49)46-22-20-45(21-23-46)25-33(48)44(5)19-7-18-41/h8,10-17,24,26,34-35,43H,6-7,9,19-23,25H2,1-5H3/t26?,34-,35+/m0/s1. The molecule has 1 aliphatic carbocycles. The summed E-state index contributed by atoms with van der Waals surface area (Å²) in [6.07, 6.45) is 6.61. The highest BCUT2D eigenvalue weighted by Crippen LogP contribution is 2.43. The van der Waals surface area contributed by atoms with Crippen LogP contribution in [0.15, 0.2) is 75.6 Å². The lowest BCUT2D eigenvalue weighted by Crippen LogP contribution is -2.55. The van der Waals surface area contributed by atoms with Crippen LogP contribution >= 0.6 is 23.2 Å². The molecule has 1 saturated heterocycles. The Kier molecular flexibility index (Phi) is 12.9. The van der Waals surface area contributed by atoms with E-state index in [0.29, 0.717) is 73.0 Å². The van der Waals surface area contributed by atoms with Gasteiger partial charge in [-0.05, 0) is 76.1 Å². The van der Waals surface area contributed by atoms with E-state index in [-0.39, 0.29) is 35.7 Å². The van der Waals surface area contributed by atoms with Crippen molar-refractivity contribution in [2.45, 2.75) is 63.1 Å². The predicted molar refractivity (Wildman–Crippen MR) is 207 cm³/mol. The number of piperazine rings is 1. The molecule has 2 aromatic carbocycles. The van der Waals surface area contributed by atoms with Gasteiger partial charge in [-0.2, -0.15) is 5.26 Å². The van der Waals surface area contributed by atoms with Crippen molar-refractivity contribution < 1.29 is 22.7 Å². The second-order valence-corrected chi connectivity index (χ2v) is 16.9. The number of halogens is 2. The molecule has 15 heteroatoms. The minimum Gasteiger partial charge on any atom is -0.493 e. The fourth-order valence-corrected chi connectivity index (χ4v) is 8.40. The van der Waals surface area contributed by atoms with Crippen LogP contribution in [-0.4, -0.2) is 110 Å². The third kappa shape index (κ3) is 9.79. The van der Waals surface area contributed by atoms with Crippen molar-refractivity contribution in [3.63, 3.8) is 0 Å². The Bertz CT molecular complexity index is 1910. The SMILES string of the molecule is CCOc1ccc(S(=O)(=O)NC(C)(C)C)cc1C1=N[C@@H](C2C=CC(Cl)=CC2)[C@@H](c2ccc(Cl)cc2)N1C(=O)N1CCN(CC(=O)N(C)CCC#N)CC1. The number of nitrogens with one attached hydrogen (secondary N) is 1. The van der Waals surface area contributed by atoms with Crippen LogP contribution in [0.4, 0.5) is 4.79 Å². The molecule has 1 unspecified atom stereocenters. The summed E-state index contributed by atoms with van der Waals surface area (Å²) >= 11 is 12.7. The molecule has 12 nitrogen and oxygen atoms in total. The van der Waals surface area contributed by atoms with Crippen molar-refractivity contribution in [2.75, 3.05) is 52.9 Å². The van der Waals surface area contributed by atoms with Crippen LogP contribution in [0.3, 0.4) is 0 Å². The van der Waals surface area contributed by atoms with Gasteiger partial charge in [0.1, 0.15) is 11.6 Å². The molecule has 53 heavy (non-hydrogen) atoms. The lowest BCUT2D eigenvalue weighted by molar-refractivity contribution is -0.131. The average Bonchev–Trinajstić information content (AvgIpc) is 3.50. The van der Waals surface area contributed by atoms with Crippen LogP contribution in [0.5, 0.6) is 5.75 Å². The van der Waals surface area contributed by atoms with Crippen LogP contribution in [-0.2, 0) is 14.8 Å². The van der Waals surface area contributed by atoms with Crippen LogP contribution in [0.1, 0.15) is 57.7 Å². The Morgan fingerprint density at radius 3 is 2.40 bits per heavy atom. The Labute approximate surface area is 322 Å². The summed E-state index contributed by atoms with van der Waals surface area (Å²) in [4.78, 5) is 40.1. The molecule has 3 amide bonds. The first kappa shape index (κ1) is 40.3. The Morgan fingerprint density at radius 1 is 1.09 bits per heavy atom. The largest absolute Gasteiger partial charge is 0.493 e. The number of benzene rings is 2. The number of hydrogen-bond acceptors (Lipinski definition) is 8. The summed E-state index contributed by atoms with van der Waals surface area (Å²) < 4.78 is 36.1. The van der Waals surface area contributed by atoms with Gasteiger partial charge in [0.2, 0.25) is 15.9 Å². The van der Waals surface area contributed by atoms with Crippen LogP contribution < -0.4 is 9.46 Å². The van der Waals surface area contributed by atoms with Crippen molar-refractivity contribution in [1.82, 2.24) is 24.3 Å². The molecule has 0 spiro atoms. The number of ether oxygens (including phenoxy) is 1. The molecule has 1 fully saturated rings. The zero-order chi connectivity index (χ0) is 38.5. The van der Waals surface area contributed by atoms with Crippen molar-refractivity contribution >= 4 is 51.0 Å². The van der Waals surface area contributed by atoms with Gasteiger partial charge in [0.25, 0.3) is 0 Å². The third-order valence-corrected chi connectivity index (χ3v) is 11.6. The quantitative estimate of drug-likeness (QED) is 0.304. The number of hydrogen-bond donors (Lipinski definition) is 1. The van der Waals surface area contributed by atoms with E-state index in [4.69, 9.17) is 38.2 Å². The van der Waals surface area contributed by atoms with Gasteiger partial charge in [0.05, 0.1) is 48.2 Å². The zero-order valence-corrected chi connectivity index (χ0v) is 33.1. The van der Waals surface area contributed by atoms with Gasteiger partial charge < -0.3 is 14.5 Å². The molecule has 1 N–H and O–H groups in total. The number of amides is 3. The first-order valence-corrected chi connectivity index (χ1v) is 20.0. The molecule has 5 rings (SSSR count). The number of sulfonamides is 1. The van der Waals surface area contributed by atoms with E-state index in [0.717, 1.165) is 5.56 Å². The minimum atomic E-state index is -3.97. The van der Waals surface area contributed by atoms with Crippen molar-refractivity contribution in [1.29, 1.82) is 5.26 Å². The number of urea groups is 1. The summed E-state index contributed by atoms with van der Waals surface area (Å²) in [7, 11) is -2.29. The lowest BCUT2D eigenvalue weighted by Gasteiger charge is -2.39. The van der Waals surface area contributed by atoms with Gasteiger partial charge in [0.15, 0.2) is 0 Å². The Hall–Kier alpha value is -3.93. The normalized spacial score (nSPS) is 20.8. The van der Waals surface area contributed by atoms with E-state index >= 15 is 4.79 Å². The number of allylic oxidation sites excluding steroid dienone is 3. The first-order valence-electron chi connectivity index (χ1n) is 17.7. The molecule has 284 valence electrons. The van der Waals surface area contributed by atoms with E-state index in [1.807, 2.05) is 42.2 Å². The van der Waals surface area contributed by atoms with Gasteiger partial charge in [-0.3, -0.25) is 19.6 Å². The van der Waals surface area contributed by atoms with E-state index < -0.39 is 27.6 Å². The predicted octanol–water partition coefficient (Wildman–Crippen LogP) is 5.80. The lowest BCUT2D eigenvalue weighted by atomic mass is 9.85. The van der Waals surface area contributed by atoms with Gasteiger partial charge >= 0.3 is 6.03 Å². The Morgan fingerprint density at radius 2 is 1.79 bits per heavy atom. The van der Waals surface area contributed by atoms with Crippen LogP contribution in [0.2, 0.25) is 5.02 Å². The zero-order valence-electron chi connectivity index (χ0n) is 30.8. The van der Waals surface area contributed by atoms with E-state index in [1.54, 1.807) is 60.7 Å². The monoisotopic (exact) mass is 783 g/mol. The molecule has 2 heterocycles. The first-order chi connectivity index (χ1) is 25.1. The van der Waals surface area contributed by atoms with Gasteiger partial charge in [-0.25, -0.2) is 17.9 Å². The summed E-state index contributed by atoms with van der Waals surface area (Å²) in [5, 5.41) is 10.1. The molecule has 0 saturated carbocycles. The van der Waals surface area contributed by atoms with Crippen molar-refractivity contribution in [3.05, 3.63) is 81.9 Å². The number of likely N-dealkylation sites (N-methyl/N-ethyl adjacent to an activating group) is 1. The highest BCUT2D eigenvalue weighted by Gasteiger charge is 2.47. The molecule has 0 radical (unpaired) electrons. The third-order valence-electron chi connectivity index (χ3n) is 9.27. The van der Waals surface area contributed by atoms with Gasteiger partial charge in [0, 0.05) is 61.3 Å². The molecule has 3 aliphatic rings. The smallest absolute Gasteiger partial charge is 0.326 e. The topological polar surface area (TPSA) is 139 Å². The number of rotatable bonds is 11. The van der Waals surface area contributed by atoms with E-state index in [1.165, 1.54) is 12.1 Å². The number of carbonyl (C=O) groups excluding carboxylic acids is 2. The van der Waals surface area contributed by atoms with Gasteiger partial charge in [-0.1, -0.05) is 47.5 Å². The van der Waals surface area contributed by atoms with E-state index in [9.17, 15) is 13.2 Å². The number of aliphatic imine (C=N–C) groups is 1. The van der Waals surface area contributed by atoms with Crippen molar-refractivity contribution in [3.8, 4) is 11.8 Å². The molecule has 0 aromatic heterocycles. The minimum absolute atomic E-state index is 0.0118. The highest BCUT2D eigenvalue weighted by molar-refractivity contribution is 7.89. The van der Waals surface area contributed by atoms with Crippen molar-refractivity contribution in [2.24, 2.45) is 10.9 Å². The summed E-state index contributed by atoms with van der Waals surface area (Å²) in [6, 6.07) is 12.7. The highest BCUT2D eigenvalue weighted by atomic mass is 35.5. The maximum atomic E-state index is 15.0. The molecule has 2 aliphatic heterocycles. The second-order valence-electron chi connectivity index (χ2n) is 14.4. The second kappa shape index (κ2) is 17.0. The average molecular weight is 785 g/mol. The van der Waals surface area contributed by atoms with E-state index in [2.05, 4.69) is 10.8 Å². The number of nitriles is 1. The summed E-state index contributed by atoms with van der Waals surface area (Å²) in [5.41, 5.74) is 0.439. The maximum absolute atomic E-state index is 15.0. The molecule has 2 aromatic rings. The molecule has 0 bridgehead atoms. The van der Waals surface area contributed by atoms with Crippen LogP contribution in [0, 0.1) is 17.2 Å². The molecular formula is C38H47Cl2N7O5S. The summed E-state index contributed by atoms with van der Waals surface area (Å²) in [5.74, 6) is 0.452. The number of carbonyl (C=O) groups is 2. The number of amidine groups is 1. The van der Waals surface area contributed by atoms with Crippen LogP contribution in [0.25, 0.3) is 0 Å². The fraction of sp³-hybridized carbons (Fsp3) is 0.474. The summed E-state index contributed by atoms with van der Waals surface area (Å²) in [6.45, 7) is 9.59. The van der Waals surface area contributed by atoms with Gasteiger partial charge in [-0.15, -0.1) is 0 Å². The Balaban J connectivity index is 1.57.